The third kappa shape index (κ3) is 6.90. The third-order valence-corrected chi connectivity index (χ3v) is 4.14. The van der Waals surface area contributed by atoms with E-state index in [0.717, 1.165) is 17.3 Å². The van der Waals surface area contributed by atoms with E-state index in [-0.39, 0.29) is 18.1 Å². The molecular formula is C21H27FN4O2. The number of amides is 1. The van der Waals surface area contributed by atoms with Crippen LogP contribution < -0.4 is 15.4 Å². The molecule has 0 saturated carbocycles. The van der Waals surface area contributed by atoms with Crippen molar-refractivity contribution in [2.24, 2.45) is 4.99 Å². The summed E-state index contributed by atoms with van der Waals surface area (Å²) in [5.41, 5.74) is 1.79. The highest BCUT2D eigenvalue weighted by molar-refractivity contribution is 5.80. The maximum absolute atomic E-state index is 13.2. The molecule has 0 heterocycles. The Labute approximate surface area is 165 Å². The number of carbonyl (C=O) groups excluding carboxylic acids is 1. The van der Waals surface area contributed by atoms with Gasteiger partial charge in [0, 0.05) is 33.7 Å². The van der Waals surface area contributed by atoms with E-state index in [9.17, 15) is 9.18 Å². The van der Waals surface area contributed by atoms with Crippen molar-refractivity contribution in [2.45, 2.75) is 13.0 Å². The Morgan fingerprint density at radius 1 is 1.11 bits per heavy atom. The van der Waals surface area contributed by atoms with E-state index in [0.29, 0.717) is 25.2 Å². The minimum Gasteiger partial charge on any atom is -0.497 e. The van der Waals surface area contributed by atoms with Crippen molar-refractivity contribution in [1.82, 2.24) is 15.5 Å². The number of rotatable bonds is 8. The van der Waals surface area contributed by atoms with Gasteiger partial charge in [-0.05, 0) is 35.4 Å². The van der Waals surface area contributed by atoms with E-state index in [2.05, 4.69) is 15.6 Å². The number of hydrogen-bond donors (Lipinski definition) is 2. The van der Waals surface area contributed by atoms with Crippen LogP contribution in [0.1, 0.15) is 11.1 Å². The van der Waals surface area contributed by atoms with Gasteiger partial charge in [0.1, 0.15) is 11.6 Å². The molecule has 0 atom stereocenters. The molecule has 0 fully saturated rings. The van der Waals surface area contributed by atoms with Gasteiger partial charge in [0.2, 0.25) is 5.91 Å². The Morgan fingerprint density at radius 2 is 1.82 bits per heavy atom. The highest BCUT2D eigenvalue weighted by atomic mass is 19.1. The second-order valence-electron chi connectivity index (χ2n) is 6.33. The highest BCUT2D eigenvalue weighted by Gasteiger charge is 2.07. The van der Waals surface area contributed by atoms with Crippen LogP contribution in [0.5, 0.6) is 5.75 Å². The summed E-state index contributed by atoms with van der Waals surface area (Å²) in [7, 11) is 5.31. The molecule has 2 N–H and O–H groups in total. The van der Waals surface area contributed by atoms with E-state index in [4.69, 9.17) is 4.74 Å². The van der Waals surface area contributed by atoms with Crippen molar-refractivity contribution >= 4 is 11.9 Å². The van der Waals surface area contributed by atoms with Gasteiger partial charge >= 0.3 is 0 Å². The van der Waals surface area contributed by atoms with Crippen LogP contribution in [-0.2, 0) is 17.8 Å². The number of nitrogens with one attached hydrogen (secondary N) is 2. The highest BCUT2D eigenvalue weighted by Crippen LogP contribution is 2.12. The maximum atomic E-state index is 13.2. The second-order valence-corrected chi connectivity index (χ2v) is 6.33. The number of aliphatic imine (C=N–C) groups is 1. The first-order valence-electron chi connectivity index (χ1n) is 9.07. The summed E-state index contributed by atoms with van der Waals surface area (Å²) in [5, 5.41) is 6.04. The summed E-state index contributed by atoms with van der Waals surface area (Å²) in [4.78, 5) is 18.2. The standard InChI is InChI=1S/C21H27FN4O2/c1-23-21(26(2)15-16-7-9-19(28-3)10-8-16)25-12-11-24-20(27)14-17-5-4-6-18(22)13-17/h4-10,13H,11-12,14-15H2,1-3H3,(H,23,25)(H,24,27). The van der Waals surface area contributed by atoms with Crippen LogP contribution in [0.4, 0.5) is 4.39 Å². The SMILES string of the molecule is CN=C(NCCNC(=O)Cc1cccc(F)c1)N(C)Cc1ccc(OC)cc1. The fraction of sp³-hybridized carbons (Fsp3) is 0.333. The predicted molar refractivity (Wildman–Crippen MR) is 109 cm³/mol. The first kappa shape index (κ1) is 21.2. The summed E-state index contributed by atoms with van der Waals surface area (Å²) in [6.07, 6.45) is 0.157. The molecule has 0 spiro atoms. The molecule has 0 aliphatic carbocycles. The largest absolute Gasteiger partial charge is 0.497 e. The Balaban J connectivity index is 1.72. The lowest BCUT2D eigenvalue weighted by atomic mass is 10.1. The van der Waals surface area contributed by atoms with Gasteiger partial charge in [-0.1, -0.05) is 24.3 Å². The van der Waals surface area contributed by atoms with Crippen molar-refractivity contribution in [3.8, 4) is 5.75 Å². The number of nitrogens with zero attached hydrogens (tertiary/aromatic N) is 2. The van der Waals surface area contributed by atoms with Crippen molar-refractivity contribution < 1.29 is 13.9 Å². The first-order chi connectivity index (χ1) is 13.5. The lowest BCUT2D eigenvalue weighted by Crippen LogP contribution is -2.42. The van der Waals surface area contributed by atoms with Crippen molar-refractivity contribution in [2.75, 3.05) is 34.3 Å². The molecule has 0 aromatic heterocycles. The number of hydrogen-bond acceptors (Lipinski definition) is 3. The van der Waals surface area contributed by atoms with E-state index in [1.807, 2.05) is 36.2 Å². The van der Waals surface area contributed by atoms with Crippen LogP contribution in [0.15, 0.2) is 53.5 Å². The van der Waals surface area contributed by atoms with Crippen LogP contribution >= 0.6 is 0 Å². The topological polar surface area (TPSA) is 66.0 Å². The van der Waals surface area contributed by atoms with Gasteiger partial charge in [-0.15, -0.1) is 0 Å². The zero-order valence-corrected chi connectivity index (χ0v) is 16.5. The summed E-state index contributed by atoms with van der Waals surface area (Å²) < 4.78 is 18.3. The summed E-state index contributed by atoms with van der Waals surface area (Å²) in [6.45, 7) is 1.67. The molecule has 150 valence electrons. The van der Waals surface area contributed by atoms with Crippen molar-refractivity contribution in [3.63, 3.8) is 0 Å². The van der Waals surface area contributed by atoms with E-state index >= 15 is 0 Å². The predicted octanol–water partition coefficient (Wildman–Crippen LogP) is 2.20. The zero-order valence-electron chi connectivity index (χ0n) is 16.5. The molecule has 0 bridgehead atoms. The summed E-state index contributed by atoms with van der Waals surface area (Å²) in [6, 6.07) is 13.9. The normalized spacial score (nSPS) is 11.1. The van der Waals surface area contributed by atoms with Gasteiger partial charge in [-0.25, -0.2) is 4.39 Å². The molecule has 0 aliphatic heterocycles. The molecule has 2 aromatic carbocycles. The van der Waals surface area contributed by atoms with E-state index in [1.165, 1.54) is 12.1 Å². The van der Waals surface area contributed by atoms with Gasteiger partial charge in [0.05, 0.1) is 13.5 Å². The smallest absolute Gasteiger partial charge is 0.224 e. The quantitative estimate of drug-likeness (QED) is 0.415. The zero-order chi connectivity index (χ0) is 20.4. The molecule has 6 nitrogen and oxygen atoms in total. The molecule has 2 aromatic rings. The fourth-order valence-electron chi connectivity index (χ4n) is 2.74. The molecule has 7 heteroatoms. The van der Waals surface area contributed by atoms with Crippen LogP contribution in [0, 0.1) is 5.82 Å². The number of guanidine groups is 1. The van der Waals surface area contributed by atoms with Gasteiger partial charge < -0.3 is 20.3 Å². The van der Waals surface area contributed by atoms with Crippen molar-refractivity contribution in [3.05, 3.63) is 65.5 Å². The Kier molecular flexibility index (Phi) is 8.27. The lowest BCUT2D eigenvalue weighted by molar-refractivity contribution is -0.120. The average molecular weight is 386 g/mol. The average Bonchev–Trinajstić information content (AvgIpc) is 2.68. The molecule has 0 saturated heterocycles. The molecule has 1 amide bonds. The summed E-state index contributed by atoms with van der Waals surface area (Å²) >= 11 is 0. The number of methoxy groups -OCH3 is 1. The van der Waals surface area contributed by atoms with E-state index in [1.54, 1.807) is 26.3 Å². The number of benzene rings is 2. The minimum absolute atomic E-state index is 0.144. The Hall–Kier alpha value is -3.09. The van der Waals surface area contributed by atoms with Gasteiger partial charge in [-0.3, -0.25) is 9.79 Å². The van der Waals surface area contributed by atoms with Crippen LogP contribution in [0.2, 0.25) is 0 Å². The number of halogens is 1. The minimum atomic E-state index is -0.337. The molecule has 28 heavy (non-hydrogen) atoms. The van der Waals surface area contributed by atoms with Crippen LogP contribution in [0.3, 0.4) is 0 Å². The second kappa shape index (κ2) is 10.9. The first-order valence-corrected chi connectivity index (χ1v) is 9.07. The molecule has 2 rings (SSSR count). The monoisotopic (exact) mass is 386 g/mol. The molecule has 0 unspecified atom stereocenters. The number of carbonyl (C=O) groups is 1. The maximum Gasteiger partial charge on any atom is 0.224 e. The molecule has 0 aliphatic rings. The fourth-order valence-corrected chi connectivity index (χ4v) is 2.74. The number of ether oxygens (including phenoxy) is 1. The van der Waals surface area contributed by atoms with Crippen LogP contribution in [0.25, 0.3) is 0 Å². The van der Waals surface area contributed by atoms with Crippen molar-refractivity contribution in [1.29, 1.82) is 0 Å². The van der Waals surface area contributed by atoms with Gasteiger partial charge in [-0.2, -0.15) is 0 Å². The molecular weight excluding hydrogens is 359 g/mol. The van der Waals surface area contributed by atoms with Crippen LogP contribution in [-0.4, -0.2) is 51.1 Å². The molecule has 0 radical (unpaired) electrons. The van der Waals surface area contributed by atoms with Gasteiger partial charge in [0.25, 0.3) is 0 Å². The summed E-state index contributed by atoms with van der Waals surface area (Å²) in [5.74, 6) is 1.07. The third-order valence-electron chi connectivity index (χ3n) is 4.14. The lowest BCUT2D eigenvalue weighted by Gasteiger charge is -2.22. The Morgan fingerprint density at radius 3 is 2.46 bits per heavy atom. The van der Waals surface area contributed by atoms with E-state index < -0.39 is 0 Å². The van der Waals surface area contributed by atoms with Gasteiger partial charge in [0.15, 0.2) is 5.96 Å². The Bertz CT molecular complexity index is 793.